The van der Waals surface area contributed by atoms with Crippen LogP contribution >= 0.6 is 11.5 Å². The average molecular weight is 250 g/mol. The van der Waals surface area contributed by atoms with Crippen molar-refractivity contribution in [2.75, 3.05) is 11.1 Å². The molecule has 0 radical (unpaired) electrons. The number of aromatic nitrogens is 4. The zero-order chi connectivity index (χ0) is 12.3. The molecule has 88 valence electrons. The number of nitrogen functional groups attached to an aromatic ring is 1. The minimum Gasteiger partial charge on any atom is -0.384 e. The van der Waals surface area contributed by atoms with Crippen LogP contribution in [0, 0.1) is 0 Å². The highest BCUT2D eigenvalue weighted by atomic mass is 32.1. The molecule has 0 saturated carbocycles. The van der Waals surface area contributed by atoms with E-state index in [4.69, 9.17) is 5.73 Å². The van der Waals surface area contributed by atoms with Gasteiger partial charge in [-0.2, -0.15) is 0 Å². The van der Waals surface area contributed by atoms with E-state index in [2.05, 4.69) is 25.1 Å². The maximum atomic E-state index is 11.8. The van der Waals surface area contributed by atoms with Crippen LogP contribution in [0.3, 0.4) is 0 Å². The predicted molar refractivity (Wildman–Crippen MR) is 63.7 cm³/mol. The predicted octanol–water partition coefficient (Wildman–Crippen LogP) is 0.725. The largest absolute Gasteiger partial charge is 0.384 e. The number of anilines is 2. The lowest BCUT2D eigenvalue weighted by molar-refractivity contribution is 0.102. The molecule has 3 N–H and O–H groups in total. The number of rotatable bonds is 3. The summed E-state index contributed by atoms with van der Waals surface area (Å²) < 4.78 is 3.55. The molecule has 2 heterocycles. The summed E-state index contributed by atoms with van der Waals surface area (Å²) in [6.45, 7) is 1.94. The van der Waals surface area contributed by atoms with Gasteiger partial charge in [-0.25, -0.2) is 4.98 Å². The molecule has 17 heavy (non-hydrogen) atoms. The second-order valence-electron chi connectivity index (χ2n) is 3.25. The van der Waals surface area contributed by atoms with Crippen molar-refractivity contribution >= 4 is 28.4 Å². The molecule has 8 heteroatoms. The number of carbonyl (C=O) groups is 1. The van der Waals surface area contributed by atoms with Gasteiger partial charge in [-0.15, -0.1) is 0 Å². The number of carbonyl (C=O) groups excluding carboxylic acids is 1. The molecule has 7 nitrogen and oxygen atoms in total. The molecule has 0 aliphatic heterocycles. The standard InChI is InChI=1S/C9H10N6OS/c1-2-6-3-5(4-7(10)11-6)8(16)12-9-13-14-15-17-9/h3-4H,2H2,1H3,(H2,10,11)(H,12,13,15,16). The number of nitrogens with one attached hydrogen (secondary N) is 1. The van der Waals surface area contributed by atoms with Crippen LogP contribution in [0.4, 0.5) is 10.9 Å². The Morgan fingerprint density at radius 3 is 3.00 bits per heavy atom. The van der Waals surface area contributed by atoms with Crippen LogP contribution in [-0.4, -0.2) is 25.7 Å². The molecule has 0 saturated heterocycles. The number of hydrogen-bond acceptors (Lipinski definition) is 7. The summed E-state index contributed by atoms with van der Waals surface area (Å²) in [6, 6.07) is 3.21. The molecule has 1 amide bonds. The van der Waals surface area contributed by atoms with Crippen molar-refractivity contribution in [3.8, 4) is 0 Å². The number of pyridine rings is 1. The van der Waals surface area contributed by atoms with E-state index in [0.717, 1.165) is 17.2 Å². The summed E-state index contributed by atoms with van der Waals surface area (Å²) in [4.78, 5) is 15.9. The van der Waals surface area contributed by atoms with E-state index in [9.17, 15) is 4.79 Å². The highest BCUT2D eigenvalue weighted by molar-refractivity contribution is 7.09. The molecule has 0 unspecified atom stereocenters. The summed E-state index contributed by atoms with van der Waals surface area (Å²) in [7, 11) is 0. The molecular weight excluding hydrogens is 240 g/mol. The van der Waals surface area contributed by atoms with Gasteiger partial charge in [-0.1, -0.05) is 16.5 Å². The Morgan fingerprint density at radius 2 is 2.35 bits per heavy atom. The van der Waals surface area contributed by atoms with E-state index < -0.39 is 0 Å². The monoisotopic (exact) mass is 250 g/mol. The third-order valence-corrected chi connectivity index (χ3v) is 2.55. The Morgan fingerprint density at radius 1 is 1.53 bits per heavy atom. The molecule has 0 atom stereocenters. The van der Waals surface area contributed by atoms with Gasteiger partial charge in [0.1, 0.15) is 5.82 Å². The fraction of sp³-hybridized carbons (Fsp3) is 0.222. The summed E-state index contributed by atoms with van der Waals surface area (Å²) in [5.41, 5.74) is 6.84. The summed E-state index contributed by atoms with van der Waals surface area (Å²) in [5, 5.41) is 9.94. The number of aryl methyl sites for hydroxylation is 1. The van der Waals surface area contributed by atoms with E-state index in [1.54, 1.807) is 6.07 Å². The van der Waals surface area contributed by atoms with Crippen molar-refractivity contribution in [1.82, 2.24) is 19.8 Å². The first kappa shape index (κ1) is 11.4. The van der Waals surface area contributed by atoms with Gasteiger partial charge < -0.3 is 5.73 Å². The van der Waals surface area contributed by atoms with Crippen LogP contribution in [0.15, 0.2) is 12.1 Å². The van der Waals surface area contributed by atoms with Crippen LogP contribution in [-0.2, 0) is 6.42 Å². The number of nitrogens with zero attached hydrogens (tertiary/aromatic N) is 4. The fourth-order valence-electron chi connectivity index (χ4n) is 1.27. The number of amides is 1. The van der Waals surface area contributed by atoms with Crippen molar-refractivity contribution in [3.63, 3.8) is 0 Å². The first-order valence-corrected chi connectivity index (χ1v) is 5.69. The smallest absolute Gasteiger partial charge is 0.257 e. The Balaban J connectivity index is 2.21. The van der Waals surface area contributed by atoms with Crippen LogP contribution in [0.5, 0.6) is 0 Å². The van der Waals surface area contributed by atoms with Crippen molar-refractivity contribution in [3.05, 3.63) is 23.4 Å². The molecule has 2 aromatic heterocycles. The normalized spacial score (nSPS) is 10.2. The lowest BCUT2D eigenvalue weighted by atomic mass is 10.2. The first-order valence-electron chi connectivity index (χ1n) is 4.92. The van der Waals surface area contributed by atoms with Gasteiger partial charge in [-0.05, 0) is 23.8 Å². The maximum Gasteiger partial charge on any atom is 0.257 e. The Kier molecular flexibility index (Phi) is 3.24. The Bertz CT molecular complexity index is 526. The third-order valence-electron chi connectivity index (χ3n) is 2.04. The zero-order valence-corrected chi connectivity index (χ0v) is 9.86. The van der Waals surface area contributed by atoms with E-state index in [1.807, 2.05) is 6.92 Å². The highest BCUT2D eigenvalue weighted by Gasteiger charge is 2.10. The first-order chi connectivity index (χ1) is 8.19. The highest BCUT2D eigenvalue weighted by Crippen LogP contribution is 2.12. The van der Waals surface area contributed by atoms with Gasteiger partial charge in [0.05, 0.1) is 0 Å². The third kappa shape index (κ3) is 2.72. The summed E-state index contributed by atoms with van der Waals surface area (Å²) >= 11 is 1.01. The summed E-state index contributed by atoms with van der Waals surface area (Å²) in [6.07, 6.45) is 0.714. The SMILES string of the molecule is CCc1cc(C(=O)Nc2nnns2)cc(N)n1. The molecule has 2 rings (SSSR count). The molecular formula is C9H10N6OS. The zero-order valence-electron chi connectivity index (χ0n) is 9.04. The van der Waals surface area contributed by atoms with Crippen LogP contribution in [0.2, 0.25) is 0 Å². The minimum atomic E-state index is -0.299. The van der Waals surface area contributed by atoms with Gasteiger partial charge in [0.25, 0.3) is 5.91 Å². The van der Waals surface area contributed by atoms with E-state index >= 15 is 0 Å². The molecule has 0 spiro atoms. The molecule has 2 aromatic rings. The fourth-order valence-corrected chi connectivity index (χ4v) is 1.64. The van der Waals surface area contributed by atoms with Gasteiger partial charge in [0.2, 0.25) is 5.13 Å². The van der Waals surface area contributed by atoms with Crippen molar-refractivity contribution in [2.24, 2.45) is 0 Å². The molecule has 0 aliphatic rings. The van der Waals surface area contributed by atoms with Crippen molar-refractivity contribution in [2.45, 2.75) is 13.3 Å². The van der Waals surface area contributed by atoms with Crippen molar-refractivity contribution in [1.29, 1.82) is 0 Å². The molecule has 0 fully saturated rings. The average Bonchev–Trinajstić information content (AvgIpc) is 2.81. The lowest BCUT2D eigenvalue weighted by Gasteiger charge is -2.04. The number of nitrogens with two attached hydrogens (primary N) is 1. The maximum absolute atomic E-state index is 11.8. The van der Waals surface area contributed by atoms with E-state index in [1.165, 1.54) is 6.07 Å². The van der Waals surface area contributed by atoms with Gasteiger partial charge in [0, 0.05) is 22.8 Å². The lowest BCUT2D eigenvalue weighted by Crippen LogP contribution is -2.13. The summed E-state index contributed by atoms with van der Waals surface area (Å²) in [5.74, 6) is 0.0252. The quantitative estimate of drug-likeness (QED) is 0.831. The van der Waals surface area contributed by atoms with Gasteiger partial charge in [0.15, 0.2) is 0 Å². The molecule has 0 bridgehead atoms. The topological polar surface area (TPSA) is 107 Å². The van der Waals surface area contributed by atoms with Gasteiger partial charge in [-0.3, -0.25) is 10.1 Å². The second-order valence-corrected chi connectivity index (χ2v) is 3.98. The van der Waals surface area contributed by atoms with E-state index in [-0.39, 0.29) is 5.91 Å². The van der Waals surface area contributed by atoms with Crippen molar-refractivity contribution < 1.29 is 4.79 Å². The van der Waals surface area contributed by atoms with Gasteiger partial charge >= 0.3 is 0 Å². The van der Waals surface area contributed by atoms with Crippen LogP contribution in [0.25, 0.3) is 0 Å². The van der Waals surface area contributed by atoms with E-state index in [0.29, 0.717) is 22.9 Å². The number of hydrogen-bond donors (Lipinski definition) is 2. The second kappa shape index (κ2) is 4.83. The molecule has 0 aromatic carbocycles. The Labute approximate surface area is 101 Å². The van der Waals surface area contributed by atoms with Crippen LogP contribution in [0.1, 0.15) is 23.0 Å². The molecule has 0 aliphatic carbocycles. The van der Waals surface area contributed by atoms with Crippen LogP contribution < -0.4 is 11.1 Å². The Hall–Kier alpha value is -2.09. The minimum absolute atomic E-state index is 0.299.